The summed E-state index contributed by atoms with van der Waals surface area (Å²) in [6.07, 6.45) is 5.99. The Morgan fingerprint density at radius 2 is 2.00 bits per heavy atom. The first-order valence-corrected chi connectivity index (χ1v) is 10.8. The lowest BCUT2D eigenvalue weighted by Gasteiger charge is -2.34. The van der Waals surface area contributed by atoms with Crippen molar-refractivity contribution in [1.29, 1.82) is 0 Å². The van der Waals surface area contributed by atoms with Crippen LogP contribution in [-0.4, -0.2) is 48.1 Å². The lowest BCUT2D eigenvalue weighted by Crippen LogP contribution is -2.47. The van der Waals surface area contributed by atoms with Crippen molar-refractivity contribution >= 4 is 15.9 Å². The summed E-state index contributed by atoms with van der Waals surface area (Å²) in [5.74, 6) is 0.349. The van der Waals surface area contributed by atoms with Crippen LogP contribution in [-0.2, 0) is 15.6 Å². The molecule has 1 saturated heterocycles. The molecule has 1 aromatic heterocycles. The Hall–Kier alpha value is -2.25. The maximum absolute atomic E-state index is 13.3. The van der Waals surface area contributed by atoms with Crippen molar-refractivity contribution in [2.75, 3.05) is 19.6 Å². The summed E-state index contributed by atoms with van der Waals surface area (Å²) >= 11 is 0. The van der Waals surface area contributed by atoms with Gasteiger partial charge >= 0.3 is 0 Å². The van der Waals surface area contributed by atoms with Gasteiger partial charge in [0.15, 0.2) is 0 Å². The average Bonchev–Trinajstić information content (AvgIpc) is 3.38. The van der Waals surface area contributed by atoms with Crippen LogP contribution in [0.5, 0.6) is 0 Å². The molecule has 1 atom stereocenters. The van der Waals surface area contributed by atoms with Crippen LogP contribution in [0.1, 0.15) is 35.2 Å². The number of benzene rings is 1. The molecule has 2 aromatic rings. The van der Waals surface area contributed by atoms with E-state index in [0.717, 1.165) is 18.4 Å². The molecule has 5 rings (SSSR count). The van der Waals surface area contributed by atoms with Crippen molar-refractivity contribution in [2.45, 2.75) is 29.7 Å². The van der Waals surface area contributed by atoms with Gasteiger partial charge in [0.25, 0.3) is 5.91 Å². The number of carbonyl (C=O) groups excluding carboxylic acids is 1. The molecule has 6 nitrogen and oxygen atoms in total. The first-order chi connectivity index (χ1) is 13.0. The Labute approximate surface area is 158 Å². The van der Waals surface area contributed by atoms with Gasteiger partial charge in [-0.15, -0.1) is 0 Å². The van der Waals surface area contributed by atoms with E-state index < -0.39 is 15.6 Å². The molecule has 1 spiro atoms. The third kappa shape index (κ3) is 2.52. The molecule has 1 aliphatic carbocycles. The predicted molar refractivity (Wildman–Crippen MR) is 99.5 cm³/mol. The van der Waals surface area contributed by atoms with Gasteiger partial charge in [0.2, 0.25) is 10.0 Å². The minimum atomic E-state index is -3.52. The molecule has 0 unspecified atom stereocenters. The van der Waals surface area contributed by atoms with E-state index >= 15 is 0 Å². The van der Waals surface area contributed by atoms with E-state index in [1.165, 1.54) is 0 Å². The first-order valence-electron chi connectivity index (χ1n) is 9.34. The topological polar surface area (TPSA) is 70.6 Å². The number of fused-ring (bicyclic) bond motifs is 2. The average molecular weight is 383 g/mol. The summed E-state index contributed by atoms with van der Waals surface area (Å²) in [7, 11) is -3.52. The number of amides is 1. The van der Waals surface area contributed by atoms with Crippen molar-refractivity contribution in [3.63, 3.8) is 0 Å². The van der Waals surface area contributed by atoms with E-state index in [4.69, 9.17) is 0 Å². The predicted octanol–water partition coefficient (Wildman–Crippen LogP) is 2.24. The van der Waals surface area contributed by atoms with E-state index in [0.29, 0.717) is 42.4 Å². The van der Waals surface area contributed by atoms with Crippen LogP contribution < -0.4 is 0 Å². The molecule has 3 aliphatic rings. The van der Waals surface area contributed by atoms with E-state index in [9.17, 15) is 13.2 Å². The van der Waals surface area contributed by atoms with Gasteiger partial charge in [-0.05, 0) is 48.9 Å². The van der Waals surface area contributed by atoms with Gasteiger partial charge in [0.1, 0.15) is 0 Å². The van der Waals surface area contributed by atoms with E-state index in [1.54, 1.807) is 45.9 Å². The molecule has 1 amide bonds. The molecule has 0 N–H and O–H groups in total. The Bertz CT molecular complexity index is 1000. The molecule has 1 saturated carbocycles. The number of hydrogen-bond donors (Lipinski definition) is 0. The summed E-state index contributed by atoms with van der Waals surface area (Å²) in [6, 6.07) is 10.8. The standard InChI is InChI=1S/C20H21N3O3S/c24-19(16-4-3-10-21-12-16)22-11-9-20(14-22)17-5-1-2-6-18(17)27(25,26)23(20)13-15-7-8-15/h1-6,10,12,15H,7-9,11,13-14H2/t20-/m1/s1. The normalized spacial score (nSPS) is 26.4. The summed E-state index contributed by atoms with van der Waals surface area (Å²) in [6.45, 7) is 1.48. The van der Waals surface area contributed by atoms with Crippen molar-refractivity contribution < 1.29 is 13.2 Å². The van der Waals surface area contributed by atoms with E-state index in [1.807, 2.05) is 12.1 Å². The second kappa shape index (κ2) is 5.87. The second-order valence-corrected chi connectivity index (χ2v) is 9.56. The van der Waals surface area contributed by atoms with Crippen LogP contribution in [0.15, 0.2) is 53.7 Å². The number of carbonyl (C=O) groups is 1. The lowest BCUT2D eigenvalue weighted by atomic mass is 9.88. The van der Waals surface area contributed by atoms with Gasteiger partial charge in [0.05, 0.1) is 16.0 Å². The monoisotopic (exact) mass is 383 g/mol. The molecule has 1 aromatic carbocycles. The zero-order valence-corrected chi connectivity index (χ0v) is 15.7. The van der Waals surface area contributed by atoms with Gasteiger partial charge in [-0.3, -0.25) is 9.78 Å². The Balaban J connectivity index is 1.54. The minimum absolute atomic E-state index is 0.0897. The smallest absolute Gasteiger partial charge is 0.255 e. The quantitative estimate of drug-likeness (QED) is 0.815. The molecule has 7 heteroatoms. The molecule has 2 fully saturated rings. The van der Waals surface area contributed by atoms with E-state index in [-0.39, 0.29) is 5.91 Å². The fourth-order valence-corrected chi connectivity index (χ4v) is 6.57. The van der Waals surface area contributed by atoms with Crippen LogP contribution in [0.3, 0.4) is 0 Å². The SMILES string of the molecule is O=C(c1cccnc1)N1CC[C@@]2(C1)c1ccccc1S(=O)(=O)N2CC1CC1. The Kier molecular flexibility index (Phi) is 3.67. The highest BCUT2D eigenvalue weighted by Gasteiger charge is 2.58. The van der Waals surface area contributed by atoms with Gasteiger partial charge in [-0.25, -0.2) is 8.42 Å². The molecule has 27 heavy (non-hydrogen) atoms. The maximum Gasteiger partial charge on any atom is 0.255 e. The highest BCUT2D eigenvalue weighted by Crippen LogP contribution is 2.51. The fourth-order valence-electron chi connectivity index (χ4n) is 4.43. The van der Waals surface area contributed by atoms with Crippen molar-refractivity contribution in [2.24, 2.45) is 5.92 Å². The van der Waals surface area contributed by atoms with Crippen LogP contribution in [0.2, 0.25) is 0 Å². The molecule has 2 aliphatic heterocycles. The van der Waals surface area contributed by atoms with Crippen molar-refractivity contribution in [1.82, 2.24) is 14.2 Å². The lowest BCUT2D eigenvalue weighted by molar-refractivity contribution is 0.0763. The third-order valence-corrected chi connectivity index (χ3v) is 7.99. The second-order valence-electron chi connectivity index (χ2n) is 7.73. The zero-order valence-electron chi connectivity index (χ0n) is 14.9. The van der Waals surface area contributed by atoms with Crippen LogP contribution in [0.4, 0.5) is 0 Å². The first kappa shape index (κ1) is 16.9. The highest BCUT2D eigenvalue weighted by atomic mass is 32.2. The molecule has 140 valence electrons. The molecule has 0 radical (unpaired) electrons. The Morgan fingerprint density at radius 1 is 1.19 bits per heavy atom. The minimum Gasteiger partial charge on any atom is -0.336 e. The Morgan fingerprint density at radius 3 is 2.74 bits per heavy atom. The van der Waals surface area contributed by atoms with Crippen molar-refractivity contribution in [3.05, 3.63) is 59.9 Å². The van der Waals surface area contributed by atoms with Crippen molar-refractivity contribution in [3.8, 4) is 0 Å². The summed E-state index contributed by atoms with van der Waals surface area (Å²) < 4.78 is 28.2. The fraction of sp³-hybridized carbons (Fsp3) is 0.400. The number of nitrogens with zero attached hydrogens (tertiary/aromatic N) is 3. The van der Waals surface area contributed by atoms with Gasteiger partial charge in [0, 0.05) is 32.0 Å². The number of rotatable bonds is 3. The van der Waals surface area contributed by atoms with Crippen LogP contribution in [0.25, 0.3) is 0 Å². The number of sulfonamides is 1. The van der Waals surface area contributed by atoms with Gasteiger partial charge in [-0.2, -0.15) is 4.31 Å². The molecule has 3 heterocycles. The van der Waals surface area contributed by atoms with Gasteiger partial charge in [-0.1, -0.05) is 18.2 Å². The highest BCUT2D eigenvalue weighted by molar-refractivity contribution is 7.89. The maximum atomic E-state index is 13.3. The molecular weight excluding hydrogens is 362 g/mol. The van der Waals surface area contributed by atoms with Gasteiger partial charge < -0.3 is 4.90 Å². The number of likely N-dealkylation sites (tertiary alicyclic amines) is 1. The van der Waals surface area contributed by atoms with Crippen LogP contribution in [0, 0.1) is 5.92 Å². The number of aromatic nitrogens is 1. The van der Waals surface area contributed by atoms with Crippen LogP contribution >= 0.6 is 0 Å². The third-order valence-electron chi connectivity index (χ3n) is 6.00. The zero-order chi connectivity index (χ0) is 18.6. The molecular formula is C20H21N3O3S. The summed E-state index contributed by atoms with van der Waals surface area (Å²) in [5, 5.41) is 0. The largest absolute Gasteiger partial charge is 0.336 e. The summed E-state index contributed by atoms with van der Waals surface area (Å²) in [5.41, 5.74) is 0.736. The number of hydrogen-bond acceptors (Lipinski definition) is 4. The van der Waals surface area contributed by atoms with E-state index in [2.05, 4.69) is 4.98 Å². The molecule has 0 bridgehead atoms. The number of pyridine rings is 1. The summed E-state index contributed by atoms with van der Waals surface area (Å²) in [4.78, 5) is 19.1.